The third kappa shape index (κ3) is 5.61. The zero-order chi connectivity index (χ0) is 19.9. The SMILES string of the molecule is O=C(CCN(CCc1ccccc1)S(=O)(=O)c1ccc(C(=O)O)cc1)NO. The Kier molecular flexibility index (Phi) is 7.05. The Bertz CT molecular complexity index is 882. The summed E-state index contributed by atoms with van der Waals surface area (Å²) in [7, 11) is -3.94. The number of carbonyl (C=O) groups is 2. The van der Waals surface area contributed by atoms with Gasteiger partial charge in [0.15, 0.2) is 0 Å². The van der Waals surface area contributed by atoms with Crippen molar-refractivity contribution in [2.24, 2.45) is 0 Å². The minimum absolute atomic E-state index is 0.0237. The highest BCUT2D eigenvalue weighted by Gasteiger charge is 2.25. The number of sulfonamides is 1. The van der Waals surface area contributed by atoms with Gasteiger partial charge in [-0.3, -0.25) is 10.0 Å². The van der Waals surface area contributed by atoms with Crippen LogP contribution in [0, 0.1) is 0 Å². The van der Waals surface area contributed by atoms with Crippen LogP contribution in [0.3, 0.4) is 0 Å². The van der Waals surface area contributed by atoms with Crippen molar-refractivity contribution in [3.05, 3.63) is 65.7 Å². The number of hydroxylamine groups is 1. The Labute approximate surface area is 157 Å². The summed E-state index contributed by atoms with van der Waals surface area (Å²) in [5, 5.41) is 17.6. The van der Waals surface area contributed by atoms with Crippen molar-refractivity contribution < 1.29 is 28.3 Å². The van der Waals surface area contributed by atoms with E-state index in [1.165, 1.54) is 29.7 Å². The van der Waals surface area contributed by atoms with Crippen molar-refractivity contribution >= 4 is 21.9 Å². The molecule has 2 aromatic carbocycles. The van der Waals surface area contributed by atoms with Crippen molar-refractivity contribution in [1.29, 1.82) is 0 Å². The number of aromatic carboxylic acids is 1. The molecule has 0 radical (unpaired) electrons. The van der Waals surface area contributed by atoms with E-state index in [4.69, 9.17) is 10.3 Å². The zero-order valence-electron chi connectivity index (χ0n) is 14.4. The van der Waals surface area contributed by atoms with Gasteiger partial charge in [-0.05, 0) is 36.2 Å². The predicted octanol–water partition coefficient (Wildman–Crippen LogP) is 1.51. The number of amides is 1. The molecule has 0 saturated heterocycles. The number of hydrogen-bond acceptors (Lipinski definition) is 5. The first-order valence-electron chi connectivity index (χ1n) is 8.15. The van der Waals surface area contributed by atoms with Gasteiger partial charge in [-0.2, -0.15) is 4.31 Å². The summed E-state index contributed by atoms with van der Waals surface area (Å²) in [6, 6.07) is 14.2. The van der Waals surface area contributed by atoms with Crippen molar-refractivity contribution in [2.75, 3.05) is 13.1 Å². The number of carboxylic acids is 1. The first kappa shape index (κ1) is 20.6. The van der Waals surface area contributed by atoms with Crippen LogP contribution in [-0.4, -0.2) is 48.0 Å². The van der Waals surface area contributed by atoms with Crippen LogP contribution >= 0.6 is 0 Å². The average Bonchev–Trinajstić information content (AvgIpc) is 2.68. The fourth-order valence-electron chi connectivity index (χ4n) is 2.45. The molecule has 1 amide bonds. The lowest BCUT2D eigenvalue weighted by atomic mass is 10.1. The largest absolute Gasteiger partial charge is 0.478 e. The lowest BCUT2D eigenvalue weighted by Crippen LogP contribution is -2.36. The summed E-state index contributed by atoms with van der Waals surface area (Å²) >= 11 is 0. The van der Waals surface area contributed by atoms with E-state index in [1.807, 2.05) is 30.3 Å². The summed E-state index contributed by atoms with van der Waals surface area (Å²) in [6.45, 7) is 0.00792. The first-order chi connectivity index (χ1) is 12.8. The second kappa shape index (κ2) is 9.26. The topological polar surface area (TPSA) is 124 Å². The van der Waals surface area contributed by atoms with Gasteiger partial charge in [0.05, 0.1) is 10.5 Å². The second-order valence-corrected chi connectivity index (χ2v) is 7.69. The maximum Gasteiger partial charge on any atom is 0.335 e. The normalized spacial score (nSPS) is 11.3. The van der Waals surface area contributed by atoms with E-state index in [2.05, 4.69) is 0 Å². The van der Waals surface area contributed by atoms with Gasteiger partial charge < -0.3 is 5.11 Å². The fourth-order valence-corrected chi connectivity index (χ4v) is 3.89. The van der Waals surface area contributed by atoms with Crippen LogP contribution in [0.4, 0.5) is 0 Å². The molecule has 27 heavy (non-hydrogen) atoms. The predicted molar refractivity (Wildman–Crippen MR) is 96.9 cm³/mol. The van der Waals surface area contributed by atoms with Gasteiger partial charge in [-0.25, -0.2) is 18.7 Å². The highest BCUT2D eigenvalue weighted by Crippen LogP contribution is 2.18. The van der Waals surface area contributed by atoms with Crippen LogP contribution in [0.15, 0.2) is 59.5 Å². The van der Waals surface area contributed by atoms with Crippen LogP contribution < -0.4 is 5.48 Å². The Hall–Kier alpha value is -2.75. The molecule has 0 heterocycles. The highest BCUT2D eigenvalue weighted by molar-refractivity contribution is 7.89. The van der Waals surface area contributed by atoms with E-state index in [0.29, 0.717) is 6.42 Å². The van der Waals surface area contributed by atoms with Crippen LogP contribution in [-0.2, 0) is 21.2 Å². The number of nitrogens with zero attached hydrogens (tertiary/aromatic N) is 1. The molecular formula is C18H20N2O6S. The Morgan fingerprint density at radius 2 is 1.59 bits per heavy atom. The maximum atomic E-state index is 12.9. The number of nitrogens with one attached hydrogen (secondary N) is 1. The standard InChI is InChI=1S/C18H20N2O6S/c21-17(19-24)11-13-20(12-10-14-4-2-1-3-5-14)27(25,26)16-8-6-15(7-9-16)18(22)23/h1-9,24H,10-13H2,(H,19,21)(H,22,23). The lowest BCUT2D eigenvalue weighted by Gasteiger charge is -2.22. The summed E-state index contributed by atoms with van der Waals surface area (Å²) < 4.78 is 27.0. The monoisotopic (exact) mass is 392 g/mol. The quantitative estimate of drug-likeness (QED) is 0.439. The lowest BCUT2D eigenvalue weighted by molar-refractivity contribution is -0.129. The molecule has 0 spiro atoms. The van der Waals surface area contributed by atoms with E-state index in [-0.39, 0.29) is 30.0 Å². The highest BCUT2D eigenvalue weighted by atomic mass is 32.2. The molecule has 0 aliphatic carbocycles. The number of rotatable bonds is 9. The molecule has 2 rings (SSSR count). The molecule has 0 bridgehead atoms. The Morgan fingerprint density at radius 1 is 0.963 bits per heavy atom. The van der Waals surface area contributed by atoms with E-state index in [9.17, 15) is 18.0 Å². The van der Waals surface area contributed by atoms with E-state index in [1.54, 1.807) is 0 Å². The summed E-state index contributed by atoms with van der Waals surface area (Å²) in [5.41, 5.74) is 2.39. The molecule has 0 aromatic heterocycles. The van der Waals surface area contributed by atoms with Crippen molar-refractivity contribution in [3.63, 3.8) is 0 Å². The molecule has 2 aromatic rings. The van der Waals surface area contributed by atoms with Gasteiger partial charge >= 0.3 is 5.97 Å². The Morgan fingerprint density at radius 3 is 2.15 bits per heavy atom. The summed E-state index contributed by atoms with van der Waals surface area (Å²) in [5.74, 6) is -1.85. The summed E-state index contributed by atoms with van der Waals surface area (Å²) in [6.07, 6.45) is 0.228. The van der Waals surface area contributed by atoms with Crippen LogP contribution in [0.2, 0.25) is 0 Å². The van der Waals surface area contributed by atoms with Gasteiger partial charge in [-0.15, -0.1) is 0 Å². The summed E-state index contributed by atoms with van der Waals surface area (Å²) in [4.78, 5) is 22.2. The van der Waals surface area contributed by atoms with Crippen LogP contribution in [0.25, 0.3) is 0 Å². The van der Waals surface area contributed by atoms with E-state index < -0.39 is 21.9 Å². The van der Waals surface area contributed by atoms with Crippen LogP contribution in [0.1, 0.15) is 22.3 Å². The minimum atomic E-state index is -3.94. The van der Waals surface area contributed by atoms with Crippen LogP contribution in [0.5, 0.6) is 0 Å². The molecule has 0 atom stereocenters. The molecule has 9 heteroatoms. The average molecular weight is 392 g/mol. The number of hydrogen-bond donors (Lipinski definition) is 3. The van der Waals surface area contributed by atoms with E-state index >= 15 is 0 Å². The molecule has 0 saturated carbocycles. The first-order valence-corrected chi connectivity index (χ1v) is 9.59. The third-order valence-electron chi connectivity index (χ3n) is 3.94. The number of carbonyl (C=O) groups excluding carboxylic acids is 1. The van der Waals surface area contributed by atoms with Crippen molar-refractivity contribution in [3.8, 4) is 0 Å². The van der Waals surface area contributed by atoms with Crippen molar-refractivity contribution in [2.45, 2.75) is 17.7 Å². The molecule has 0 fully saturated rings. The number of carboxylic acid groups (broad SMARTS) is 1. The maximum absolute atomic E-state index is 12.9. The van der Waals surface area contributed by atoms with E-state index in [0.717, 1.165) is 9.87 Å². The van der Waals surface area contributed by atoms with Gasteiger partial charge in [0, 0.05) is 19.5 Å². The van der Waals surface area contributed by atoms with Gasteiger partial charge in [-0.1, -0.05) is 30.3 Å². The molecule has 0 aliphatic heterocycles. The molecule has 144 valence electrons. The number of benzene rings is 2. The molecule has 3 N–H and O–H groups in total. The second-order valence-electron chi connectivity index (χ2n) is 5.75. The minimum Gasteiger partial charge on any atom is -0.478 e. The zero-order valence-corrected chi connectivity index (χ0v) is 15.2. The smallest absolute Gasteiger partial charge is 0.335 e. The van der Waals surface area contributed by atoms with Gasteiger partial charge in [0.25, 0.3) is 0 Å². The fraction of sp³-hybridized carbons (Fsp3) is 0.222. The molecule has 0 aliphatic rings. The molecular weight excluding hydrogens is 372 g/mol. The van der Waals surface area contributed by atoms with Gasteiger partial charge in [0.2, 0.25) is 15.9 Å². The third-order valence-corrected chi connectivity index (χ3v) is 5.86. The Balaban J connectivity index is 2.23. The molecule has 8 nitrogen and oxygen atoms in total. The van der Waals surface area contributed by atoms with Crippen molar-refractivity contribution in [1.82, 2.24) is 9.79 Å². The molecule has 0 unspecified atom stereocenters. The van der Waals surface area contributed by atoms with Gasteiger partial charge in [0.1, 0.15) is 0 Å².